The molecule has 0 spiro atoms. The summed E-state index contributed by atoms with van der Waals surface area (Å²) in [6.45, 7) is 4.79. The number of carbonyl (C=O) groups is 1. The number of nitrogens with one attached hydrogen (secondary N) is 1. The first kappa shape index (κ1) is 11.5. The first-order chi connectivity index (χ1) is 7.68. The van der Waals surface area contributed by atoms with E-state index in [1.807, 2.05) is 17.3 Å². The van der Waals surface area contributed by atoms with Crippen molar-refractivity contribution in [2.24, 2.45) is 0 Å². The second-order valence-electron chi connectivity index (χ2n) is 3.89. The fourth-order valence-corrected chi connectivity index (χ4v) is 2.64. The molecule has 1 saturated heterocycles. The van der Waals surface area contributed by atoms with Crippen LogP contribution in [0.3, 0.4) is 0 Å². The van der Waals surface area contributed by atoms with Crippen molar-refractivity contribution in [1.82, 2.24) is 15.2 Å². The summed E-state index contributed by atoms with van der Waals surface area (Å²) in [5, 5.41) is 12.2. The number of aryl methyl sites for hydroxylation is 1. The molecule has 0 saturated carbocycles. The summed E-state index contributed by atoms with van der Waals surface area (Å²) in [5.74, 6) is -0.755. The highest BCUT2D eigenvalue weighted by Gasteiger charge is 2.28. The van der Waals surface area contributed by atoms with Gasteiger partial charge in [-0.2, -0.15) is 0 Å². The van der Waals surface area contributed by atoms with Gasteiger partial charge in [-0.3, -0.25) is 9.69 Å². The Bertz CT molecular complexity index is 380. The number of hydrogen-bond donors (Lipinski definition) is 2. The minimum absolute atomic E-state index is 0.421. The monoisotopic (exact) mass is 241 g/mol. The molecule has 0 amide bonds. The molecule has 1 aromatic heterocycles. The Labute approximate surface area is 98.1 Å². The Morgan fingerprint density at radius 2 is 2.62 bits per heavy atom. The van der Waals surface area contributed by atoms with Gasteiger partial charge in [-0.1, -0.05) is 0 Å². The number of aromatic nitrogens is 1. The first-order valence-corrected chi connectivity index (χ1v) is 6.13. The van der Waals surface area contributed by atoms with Crippen molar-refractivity contribution in [3.8, 4) is 0 Å². The first-order valence-electron chi connectivity index (χ1n) is 5.25. The molecule has 0 radical (unpaired) electrons. The molecule has 88 valence electrons. The van der Waals surface area contributed by atoms with Crippen LogP contribution in [0.5, 0.6) is 0 Å². The molecule has 0 bridgehead atoms. The Balaban J connectivity index is 2.07. The van der Waals surface area contributed by atoms with Gasteiger partial charge in [0.15, 0.2) is 0 Å². The predicted molar refractivity (Wildman–Crippen MR) is 61.6 cm³/mol. The van der Waals surface area contributed by atoms with Gasteiger partial charge >= 0.3 is 5.97 Å². The lowest BCUT2D eigenvalue weighted by Gasteiger charge is -2.33. The zero-order valence-electron chi connectivity index (χ0n) is 9.14. The third kappa shape index (κ3) is 2.40. The third-order valence-electron chi connectivity index (χ3n) is 2.83. The fourth-order valence-electron chi connectivity index (χ4n) is 1.84. The minimum atomic E-state index is -0.755. The molecule has 1 unspecified atom stereocenters. The van der Waals surface area contributed by atoms with Crippen LogP contribution in [0.4, 0.5) is 0 Å². The quantitative estimate of drug-likeness (QED) is 0.797. The molecule has 2 heterocycles. The standard InChI is InChI=1S/C10H15N3O2S/c1-7-9(16-6-12-7)5-13-3-2-11-4-8(13)10(14)15/h6,8,11H,2-5H2,1H3,(H,14,15). The topological polar surface area (TPSA) is 65.5 Å². The van der Waals surface area contributed by atoms with Crippen LogP contribution in [-0.4, -0.2) is 46.6 Å². The van der Waals surface area contributed by atoms with Crippen molar-refractivity contribution in [2.45, 2.75) is 19.5 Å². The van der Waals surface area contributed by atoms with Crippen LogP contribution in [0.25, 0.3) is 0 Å². The molecule has 0 aromatic carbocycles. The summed E-state index contributed by atoms with van der Waals surface area (Å²) in [6.07, 6.45) is 0. The van der Waals surface area contributed by atoms with Gasteiger partial charge < -0.3 is 10.4 Å². The van der Waals surface area contributed by atoms with Crippen molar-refractivity contribution in [3.63, 3.8) is 0 Å². The van der Waals surface area contributed by atoms with Gasteiger partial charge in [0.1, 0.15) is 6.04 Å². The number of hydrogen-bond acceptors (Lipinski definition) is 5. The molecular formula is C10H15N3O2S. The smallest absolute Gasteiger partial charge is 0.322 e. The van der Waals surface area contributed by atoms with Crippen molar-refractivity contribution in [1.29, 1.82) is 0 Å². The number of carboxylic acid groups (broad SMARTS) is 1. The second kappa shape index (κ2) is 4.90. The summed E-state index contributed by atoms with van der Waals surface area (Å²) in [5.41, 5.74) is 2.82. The van der Waals surface area contributed by atoms with Gasteiger partial charge in [0.2, 0.25) is 0 Å². The van der Waals surface area contributed by atoms with E-state index in [9.17, 15) is 4.79 Å². The summed E-state index contributed by atoms with van der Waals surface area (Å²) in [4.78, 5) is 18.4. The van der Waals surface area contributed by atoms with E-state index >= 15 is 0 Å². The van der Waals surface area contributed by atoms with E-state index in [1.54, 1.807) is 11.3 Å². The molecule has 1 aliphatic heterocycles. The number of aliphatic carboxylic acids is 1. The summed E-state index contributed by atoms with van der Waals surface area (Å²) in [7, 11) is 0. The molecule has 1 aliphatic rings. The molecule has 16 heavy (non-hydrogen) atoms. The van der Waals surface area contributed by atoms with Gasteiger partial charge in [0, 0.05) is 31.1 Å². The lowest BCUT2D eigenvalue weighted by molar-refractivity contribution is -0.144. The summed E-state index contributed by atoms with van der Waals surface area (Å²) < 4.78 is 0. The molecular weight excluding hydrogens is 226 g/mol. The Hall–Kier alpha value is -0.980. The number of carboxylic acids is 1. The normalized spacial score (nSPS) is 22.2. The van der Waals surface area contributed by atoms with Crippen LogP contribution >= 0.6 is 11.3 Å². The van der Waals surface area contributed by atoms with Gasteiger partial charge in [-0.25, -0.2) is 4.98 Å². The van der Waals surface area contributed by atoms with Crippen LogP contribution in [0.15, 0.2) is 5.51 Å². The van der Waals surface area contributed by atoms with Crippen LogP contribution in [-0.2, 0) is 11.3 Å². The van der Waals surface area contributed by atoms with E-state index in [0.717, 1.165) is 23.7 Å². The molecule has 6 heteroatoms. The lowest BCUT2D eigenvalue weighted by Crippen LogP contribution is -2.54. The number of nitrogens with zero attached hydrogens (tertiary/aromatic N) is 2. The Morgan fingerprint density at radius 1 is 1.81 bits per heavy atom. The number of thiazole rings is 1. The van der Waals surface area contributed by atoms with Crippen molar-refractivity contribution < 1.29 is 9.90 Å². The summed E-state index contributed by atoms with van der Waals surface area (Å²) >= 11 is 1.59. The highest BCUT2D eigenvalue weighted by molar-refractivity contribution is 7.09. The van der Waals surface area contributed by atoms with Crippen LogP contribution < -0.4 is 5.32 Å². The van der Waals surface area contributed by atoms with Gasteiger partial charge in [0.25, 0.3) is 0 Å². The molecule has 2 rings (SSSR count). The lowest BCUT2D eigenvalue weighted by atomic mass is 10.2. The molecule has 0 aliphatic carbocycles. The molecule has 5 nitrogen and oxygen atoms in total. The fraction of sp³-hybridized carbons (Fsp3) is 0.600. The Kier molecular flexibility index (Phi) is 3.52. The van der Waals surface area contributed by atoms with E-state index in [4.69, 9.17) is 5.11 Å². The number of piperazine rings is 1. The SMILES string of the molecule is Cc1ncsc1CN1CCNCC1C(=O)O. The highest BCUT2D eigenvalue weighted by Crippen LogP contribution is 2.17. The maximum atomic E-state index is 11.1. The van der Waals surface area contributed by atoms with Crippen LogP contribution in [0.1, 0.15) is 10.6 Å². The molecule has 1 aromatic rings. The van der Waals surface area contributed by atoms with E-state index in [2.05, 4.69) is 10.3 Å². The summed E-state index contributed by atoms with van der Waals surface area (Å²) in [6, 6.07) is -0.421. The van der Waals surface area contributed by atoms with Gasteiger partial charge in [-0.05, 0) is 6.92 Å². The maximum absolute atomic E-state index is 11.1. The number of rotatable bonds is 3. The van der Waals surface area contributed by atoms with Crippen LogP contribution in [0, 0.1) is 6.92 Å². The van der Waals surface area contributed by atoms with E-state index in [1.165, 1.54) is 0 Å². The third-order valence-corrected chi connectivity index (χ3v) is 3.75. The molecule has 1 atom stereocenters. The maximum Gasteiger partial charge on any atom is 0.322 e. The largest absolute Gasteiger partial charge is 0.480 e. The van der Waals surface area contributed by atoms with E-state index in [0.29, 0.717) is 13.1 Å². The molecule has 1 fully saturated rings. The van der Waals surface area contributed by atoms with E-state index < -0.39 is 12.0 Å². The van der Waals surface area contributed by atoms with Crippen molar-refractivity contribution in [2.75, 3.05) is 19.6 Å². The van der Waals surface area contributed by atoms with Crippen molar-refractivity contribution >= 4 is 17.3 Å². The Morgan fingerprint density at radius 3 is 3.25 bits per heavy atom. The van der Waals surface area contributed by atoms with Gasteiger partial charge in [0.05, 0.1) is 11.2 Å². The highest BCUT2D eigenvalue weighted by atomic mass is 32.1. The zero-order chi connectivity index (χ0) is 11.5. The van der Waals surface area contributed by atoms with Crippen LogP contribution in [0.2, 0.25) is 0 Å². The predicted octanol–water partition coefficient (Wildman–Crippen LogP) is 0.310. The average molecular weight is 241 g/mol. The van der Waals surface area contributed by atoms with Crippen molar-refractivity contribution in [3.05, 3.63) is 16.1 Å². The van der Waals surface area contributed by atoms with Gasteiger partial charge in [-0.15, -0.1) is 11.3 Å². The second-order valence-corrected chi connectivity index (χ2v) is 4.83. The molecule has 2 N–H and O–H groups in total. The minimum Gasteiger partial charge on any atom is -0.480 e. The zero-order valence-corrected chi connectivity index (χ0v) is 9.96. The average Bonchev–Trinajstić information content (AvgIpc) is 2.65. The van der Waals surface area contributed by atoms with E-state index in [-0.39, 0.29) is 0 Å².